The van der Waals surface area contributed by atoms with E-state index in [9.17, 15) is 0 Å². The minimum absolute atomic E-state index is 0. The van der Waals surface area contributed by atoms with E-state index in [1.54, 1.807) is 22.7 Å². The topological polar surface area (TPSA) is 20.2 Å². The molecule has 0 bridgehead atoms. The van der Waals surface area contributed by atoms with Crippen molar-refractivity contribution in [2.24, 2.45) is 0 Å². The predicted molar refractivity (Wildman–Crippen MR) is 60.8 cm³/mol. The molecule has 0 fully saturated rings. The van der Waals surface area contributed by atoms with E-state index in [2.05, 4.69) is 17.5 Å². The molecule has 1 N–H and O–H groups in total. The smallest absolute Gasteiger partial charge is 0.0774 e. The van der Waals surface area contributed by atoms with Crippen LogP contribution in [0.25, 0.3) is 9.75 Å². The molecule has 4 heteroatoms. The van der Waals surface area contributed by atoms with Crippen molar-refractivity contribution in [2.45, 2.75) is 6.61 Å². The molecule has 0 aliphatic rings. The quantitative estimate of drug-likeness (QED) is 0.842. The fourth-order valence-electron chi connectivity index (χ4n) is 1.01. The molecular weight excluding hydrogens is 224 g/mol. The maximum absolute atomic E-state index is 8.86. The maximum atomic E-state index is 8.86. The van der Waals surface area contributed by atoms with Crippen LogP contribution in [0.2, 0.25) is 0 Å². The fraction of sp³-hybridized carbons (Fsp3) is 0.111. The standard InChI is InChI=1S/C9H8OS2.ClH/c10-6-7-3-4-9(12-7)8-2-1-5-11-8;/h1-5,10H,6H2;1H. The van der Waals surface area contributed by atoms with Gasteiger partial charge in [-0.1, -0.05) is 6.07 Å². The van der Waals surface area contributed by atoms with E-state index in [0.29, 0.717) is 0 Å². The van der Waals surface area contributed by atoms with Gasteiger partial charge in [0, 0.05) is 14.6 Å². The molecule has 13 heavy (non-hydrogen) atoms. The molecule has 0 aliphatic heterocycles. The Morgan fingerprint density at radius 3 is 2.54 bits per heavy atom. The van der Waals surface area contributed by atoms with Gasteiger partial charge in [0.05, 0.1) is 6.61 Å². The zero-order valence-corrected chi connectivity index (χ0v) is 9.22. The normalized spacial score (nSPS) is 9.62. The number of thiophene rings is 2. The van der Waals surface area contributed by atoms with Gasteiger partial charge < -0.3 is 5.11 Å². The van der Waals surface area contributed by atoms with Crippen LogP contribution < -0.4 is 0 Å². The van der Waals surface area contributed by atoms with Crippen LogP contribution in [-0.2, 0) is 6.61 Å². The first-order valence-corrected chi connectivity index (χ1v) is 5.33. The van der Waals surface area contributed by atoms with E-state index in [4.69, 9.17) is 5.11 Å². The minimum Gasteiger partial charge on any atom is -0.391 e. The summed E-state index contributed by atoms with van der Waals surface area (Å²) in [6, 6.07) is 8.16. The van der Waals surface area contributed by atoms with Crippen LogP contribution in [0.5, 0.6) is 0 Å². The molecule has 0 aromatic carbocycles. The molecule has 0 saturated heterocycles. The molecular formula is C9H9ClOS2. The average Bonchev–Trinajstić information content (AvgIpc) is 2.75. The molecule has 70 valence electrons. The molecule has 1 nitrogen and oxygen atoms in total. The van der Waals surface area contributed by atoms with Crippen LogP contribution in [0.15, 0.2) is 29.6 Å². The SMILES string of the molecule is Cl.OCc1ccc(-c2cccs2)s1. The molecule has 0 spiro atoms. The Morgan fingerprint density at radius 2 is 2.00 bits per heavy atom. The van der Waals surface area contributed by atoms with Gasteiger partial charge >= 0.3 is 0 Å². The molecule has 0 aliphatic carbocycles. The lowest BCUT2D eigenvalue weighted by molar-refractivity contribution is 0.285. The minimum atomic E-state index is 0. The lowest BCUT2D eigenvalue weighted by atomic mass is 10.4. The van der Waals surface area contributed by atoms with Crippen molar-refractivity contribution < 1.29 is 5.11 Å². The van der Waals surface area contributed by atoms with Gasteiger partial charge in [-0.3, -0.25) is 0 Å². The van der Waals surface area contributed by atoms with Crippen LogP contribution in [0.4, 0.5) is 0 Å². The third-order valence-electron chi connectivity index (χ3n) is 1.58. The number of hydrogen-bond acceptors (Lipinski definition) is 3. The summed E-state index contributed by atoms with van der Waals surface area (Å²) in [6.45, 7) is 0.149. The monoisotopic (exact) mass is 232 g/mol. The largest absolute Gasteiger partial charge is 0.391 e. The van der Waals surface area contributed by atoms with Crippen molar-refractivity contribution in [3.8, 4) is 9.75 Å². The Morgan fingerprint density at radius 1 is 1.15 bits per heavy atom. The second kappa shape index (κ2) is 4.77. The van der Waals surface area contributed by atoms with E-state index in [1.165, 1.54) is 9.75 Å². The van der Waals surface area contributed by atoms with Crippen molar-refractivity contribution in [3.05, 3.63) is 34.5 Å². The summed E-state index contributed by atoms with van der Waals surface area (Å²) < 4.78 is 0. The lowest BCUT2D eigenvalue weighted by Gasteiger charge is -1.87. The molecule has 0 saturated carbocycles. The molecule has 2 rings (SSSR count). The molecule has 0 radical (unpaired) electrons. The maximum Gasteiger partial charge on any atom is 0.0774 e. The van der Waals surface area contributed by atoms with Crippen molar-refractivity contribution in [3.63, 3.8) is 0 Å². The van der Waals surface area contributed by atoms with Gasteiger partial charge in [0.15, 0.2) is 0 Å². The first-order chi connectivity index (χ1) is 5.90. The summed E-state index contributed by atoms with van der Waals surface area (Å²) >= 11 is 3.38. The summed E-state index contributed by atoms with van der Waals surface area (Å²) in [7, 11) is 0. The van der Waals surface area contributed by atoms with Gasteiger partial charge in [0.1, 0.15) is 0 Å². The summed E-state index contributed by atoms with van der Waals surface area (Å²) in [5.74, 6) is 0. The fourth-order valence-corrected chi connectivity index (χ4v) is 2.72. The summed E-state index contributed by atoms with van der Waals surface area (Å²) in [5.41, 5.74) is 0. The van der Waals surface area contributed by atoms with Gasteiger partial charge in [-0.15, -0.1) is 35.1 Å². The molecule has 2 heterocycles. The van der Waals surface area contributed by atoms with Gasteiger partial charge in [-0.2, -0.15) is 0 Å². The highest BCUT2D eigenvalue weighted by molar-refractivity contribution is 7.21. The van der Waals surface area contributed by atoms with Crippen molar-refractivity contribution in [2.75, 3.05) is 0 Å². The Balaban J connectivity index is 0.000000845. The lowest BCUT2D eigenvalue weighted by Crippen LogP contribution is -1.69. The number of aliphatic hydroxyl groups excluding tert-OH is 1. The van der Waals surface area contributed by atoms with Crippen LogP contribution >= 0.6 is 35.1 Å². The first-order valence-electron chi connectivity index (χ1n) is 3.63. The molecule has 0 unspecified atom stereocenters. The van der Waals surface area contributed by atoms with E-state index in [-0.39, 0.29) is 19.0 Å². The van der Waals surface area contributed by atoms with Crippen LogP contribution in [0, 0.1) is 0 Å². The number of halogens is 1. The predicted octanol–water partition coefficient (Wildman–Crippen LogP) is 3.39. The van der Waals surface area contributed by atoms with Crippen molar-refractivity contribution in [1.82, 2.24) is 0 Å². The average molecular weight is 233 g/mol. The van der Waals surface area contributed by atoms with E-state index < -0.39 is 0 Å². The molecule has 0 atom stereocenters. The summed E-state index contributed by atoms with van der Waals surface area (Å²) in [5, 5.41) is 10.9. The first kappa shape index (κ1) is 10.7. The molecule has 2 aromatic rings. The van der Waals surface area contributed by atoms with E-state index in [0.717, 1.165) is 4.88 Å². The second-order valence-electron chi connectivity index (χ2n) is 2.40. The number of rotatable bonds is 2. The Hall–Kier alpha value is -0.350. The van der Waals surface area contributed by atoms with Crippen LogP contribution in [-0.4, -0.2) is 5.11 Å². The summed E-state index contributed by atoms with van der Waals surface area (Å²) in [4.78, 5) is 3.55. The third-order valence-corrected chi connectivity index (χ3v) is 3.72. The van der Waals surface area contributed by atoms with Crippen LogP contribution in [0.1, 0.15) is 4.88 Å². The van der Waals surface area contributed by atoms with Gasteiger partial charge in [0.2, 0.25) is 0 Å². The number of aliphatic hydroxyl groups is 1. The zero-order valence-electron chi connectivity index (χ0n) is 6.77. The Kier molecular flexibility index (Phi) is 3.93. The highest BCUT2D eigenvalue weighted by atomic mass is 35.5. The highest BCUT2D eigenvalue weighted by Gasteiger charge is 2.01. The zero-order chi connectivity index (χ0) is 8.39. The number of hydrogen-bond donors (Lipinski definition) is 1. The van der Waals surface area contributed by atoms with Gasteiger partial charge in [-0.05, 0) is 23.6 Å². The Labute approximate surface area is 91.1 Å². The highest BCUT2D eigenvalue weighted by Crippen LogP contribution is 2.31. The van der Waals surface area contributed by atoms with Crippen molar-refractivity contribution >= 4 is 35.1 Å². The third kappa shape index (κ3) is 2.31. The van der Waals surface area contributed by atoms with Gasteiger partial charge in [-0.25, -0.2) is 0 Å². The van der Waals surface area contributed by atoms with Crippen LogP contribution in [0.3, 0.4) is 0 Å². The van der Waals surface area contributed by atoms with E-state index in [1.807, 2.05) is 12.1 Å². The Bertz CT molecular complexity index is 353. The summed E-state index contributed by atoms with van der Waals surface area (Å²) in [6.07, 6.45) is 0. The van der Waals surface area contributed by atoms with E-state index >= 15 is 0 Å². The van der Waals surface area contributed by atoms with Gasteiger partial charge in [0.25, 0.3) is 0 Å². The second-order valence-corrected chi connectivity index (χ2v) is 4.52. The molecule has 0 amide bonds. The molecule has 2 aromatic heterocycles. The van der Waals surface area contributed by atoms with Crippen molar-refractivity contribution in [1.29, 1.82) is 0 Å².